The summed E-state index contributed by atoms with van der Waals surface area (Å²) in [5.41, 5.74) is 2.44. The number of ether oxygens (including phenoxy) is 2. The predicted molar refractivity (Wildman–Crippen MR) is 143 cm³/mol. The molecule has 2 aromatic heterocycles. The maximum atomic E-state index is 13.5. The number of allylic oxidation sites excluding steroid dienone is 1. The summed E-state index contributed by atoms with van der Waals surface area (Å²) in [6, 6.07) is 17.9. The Balaban J connectivity index is 1.70. The van der Waals surface area contributed by atoms with Crippen LogP contribution in [-0.2, 0) is 6.42 Å². The fourth-order valence-corrected chi connectivity index (χ4v) is 4.27. The van der Waals surface area contributed by atoms with Crippen LogP contribution in [0.2, 0.25) is 5.02 Å². The summed E-state index contributed by atoms with van der Waals surface area (Å²) in [5, 5.41) is 6.35. The van der Waals surface area contributed by atoms with Crippen molar-refractivity contribution in [1.29, 1.82) is 0 Å². The minimum absolute atomic E-state index is 0.272. The van der Waals surface area contributed by atoms with Crippen LogP contribution >= 0.6 is 11.6 Å². The molecular weight excluding hydrogens is 478 g/mol. The van der Waals surface area contributed by atoms with Crippen molar-refractivity contribution in [2.45, 2.75) is 6.42 Å². The zero-order valence-electron chi connectivity index (χ0n) is 19.7. The molecule has 36 heavy (non-hydrogen) atoms. The zero-order valence-corrected chi connectivity index (χ0v) is 20.5. The Hall–Kier alpha value is -4.36. The van der Waals surface area contributed by atoms with Gasteiger partial charge in [-0.15, -0.1) is 6.58 Å². The van der Waals surface area contributed by atoms with Gasteiger partial charge in [-0.3, -0.25) is 4.79 Å². The van der Waals surface area contributed by atoms with E-state index in [2.05, 4.69) is 11.7 Å². The summed E-state index contributed by atoms with van der Waals surface area (Å²) in [5.74, 6) is 1.85. The second-order valence-corrected chi connectivity index (χ2v) is 8.45. The van der Waals surface area contributed by atoms with E-state index in [4.69, 9.17) is 30.5 Å². The number of furan rings is 1. The van der Waals surface area contributed by atoms with Crippen molar-refractivity contribution in [3.8, 4) is 23.1 Å². The normalized spacial score (nSPS) is 11.4. The van der Waals surface area contributed by atoms with E-state index >= 15 is 0 Å². The van der Waals surface area contributed by atoms with Gasteiger partial charge in [0.1, 0.15) is 5.58 Å². The average Bonchev–Trinajstić information content (AvgIpc) is 3.31. The van der Waals surface area contributed by atoms with Crippen LogP contribution in [0, 0.1) is 0 Å². The molecule has 0 saturated heterocycles. The first kappa shape index (κ1) is 23.4. The van der Waals surface area contributed by atoms with E-state index in [-0.39, 0.29) is 11.4 Å². The molecule has 0 N–H and O–H groups in total. The van der Waals surface area contributed by atoms with E-state index in [1.54, 1.807) is 75.0 Å². The second kappa shape index (κ2) is 9.71. The third kappa shape index (κ3) is 4.25. The molecule has 5 rings (SSSR count). The first-order chi connectivity index (χ1) is 17.5. The molecule has 0 bridgehead atoms. The summed E-state index contributed by atoms with van der Waals surface area (Å²) in [6.07, 6.45) is 3.93. The minimum Gasteiger partial charge on any atom is -0.493 e. The van der Waals surface area contributed by atoms with Crippen LogP contribution in [0.5, 0.6) is 11.5 Å². The van der Waals surface area contributed by atoms with Gasteiger partial charge in [0.25, 0.3) is 5.56 Å². The van der Waals surface area contributed by atoms with Crippen molar-refractivity contribution in [3.05, 3.63) is 99.8 Å². The monoisotopic (exact) mass is 499 g/mol. The lowest BCUT2D eigenvalue weighted by Gasteiger charge is -2.13. The number of nitrogens with zero attached hydrogens (tertiary/aromatic N) is 3. The second-order valence-electron chi connectivity index (χ2n) is 8.02. The highest BCUT2D eigenvalue weighted by molar-refractivity contribution is 6.31. The number of halogens is 1. The number of para-hydroxylation sites is 1. The Morgan fingerprint density at radius 2 is 1.94 bits per heavy atom. The molecule has 0 fully saturated rings. The summed E-state index contributed by atoms with van der Waals surface area (Å²) in [6.45, 7) is 3.82. The number of hydrogen-bond acceptors (Lipinski definition) is 6. The Morgan fingerprint density at radius 1 is 1.11 bits per heavy atom. The van der Waals surface area contributed by atoms with Crippen molar-refractivity contribution in [3.63, 3.8) is 0 Å². The molecule has 0 aliphatic carbocycles. The highest BCUT2D eigenvalue weighted by atomic mass is 35.5. The fraction of sp³-hybridized carbons (Fsp3) is 0.107. The van der Waals surface area contributed by atoms with E-state index < -0.39 is 0 Å². The summed E-state index contributed by atoms with van der Waals surface area (Å²) in [7, 11) is 3.16. The molecule has 0 aliphatic rings. The van der Waals surface area contributed by atoms with Gasteiger partial charge in [0.05, 0.1) is 31.3 Å². The molecule has 0 atom stereocenters. The Labute approximate surface area is 211 Å². The van der Waals surface area contributed by atoms with Gasteiger partial charge in [0.2, 0.25) is 5.82 Å². The zero-order chi connectivity index (χ0) is 25.2. The first-order valence-corrected chi connectivity index (χ1v) is 11.5. The third-order valence-electron chi connectivity index (χ3n) is 5.72. The Kier molecular flexibility index (Phi) is 6.31. The minimum atomic E-state index is -0.322. The van der Waals surface area contributed by atoms with Crippen LogP contribution in [0.3, 0.4) is 0 Å². The van der Waals surface area contributed by atoms with E-state index in [0.717, 1.165) is 10.9 Å². The molecule has 2 heterocycles. The predicted octanol–water partition coefficient (Wildman–Crippen LogP) is 6.09. The number of aromatic nitrogens is 2. The molecular formula is C28H22ClN3O4. The number of fused-ring (bicyclic) bond motifs is 2. The molecule has 0 unspecified atom stereocenters. The fourth-order valence-electron chi connectivity index (χ4n) is 4.09. The highest BCUT2D eigenvalue weighted by Crippen LogP contribution is 2.33. The van der Waals surface area contributed by atoms with Crippen molar-refractivity contribution >= 4 is 39.7 Å². The molecule has 3 aromatic carbocycles. The molecule has 180 valence electrons. The molecule has 0 spiro atoms. The smallest absolute Gasteiger partial charge is 0.282 e. The molecule has 8 heteroatoms. The standard InChI is InChI=1S/C28H22ClN3O4/c1-4-7-18-12-17(13-24(34-2)26(18)35-3)16-30-32-27(31-22-9-6-5-8-21(22)28(32)33)25-15-19-14-20(29)10-11-23(19)36-25/h4-6,8-16H,1,7H2,2-3H3. The first-order valence-electron chi connectivity index (χ1n) is 11.1. The molecule has 0 radical (unpaired) electrons. The molecule has 7 nitrogen and oxygen atoms in total. The largest absolute Gasteiger partial charge is 0.493 e. The average molecular weight is 500 g/mol. The van der Waals surface area contributed by atoms with E-state index in [9.17, 15) is 4.79 Å². The maximum Gasteiger partial charge on any atom is 0.282 e. The molecule has 5 aromatic rings. The van der Waals surface area contributed by atoms with Crippen LogP contribution in [0.15, 0.2) is 87.6 Å². The molecule has 0 saturated carbocycles. The summed E-state index contributed by atoms with van der Waals surface area (Å²) < 4.78 is 18.3. The Morgan fingerprint density at radius 3 is 2.72 bits per heavy atom. The van der Waals surface area contributed by atoms with Crippen LogP contribution in [0.25, 0.3) is 33.5 Å². The lowest BCUT2D eigenvalue weighted by Crippen LogP contribution is -2.20. The van der Waals surface area contributed by atoms with Gasteiger partial charge in [-0.25, -0.2) is 4.98 Å². The van der Waals surface area contributed by atoms with Gasteiger partial charge in [0, 0.05) is 16.0 Å². The maximum absolute atomic E-state index is 13.5. The number of methoxy groups -OCH3 is 2. The molecule has 0 amide bonds. The van der Waals surface area contributed by atoms with Crippen molar-refractivity contribution in [2.75, 3.05) is 14.2 Å². The highest BCUT2D eigenvalue weighted by Gasteiger charge is 2.17. The van der Waals surface area contributed by atoms with Crippen LogP contribution in [-0.4, -0.2) is 30.1 Å². The number of benzene rings is 3. The summed E-state index contributed by atoms with van der Waals surface area (Å²) in [4.78, 5) is 18.2. The lowest BCUT2D eigenvalue weighted by molar-refractivity contribution is 0.352. The SMILES string of the molecule is C=CCc1cc(C=Nn2c(-c3cc4cc(Cl)ccc4o3)nc3ccccc3c2=O)cc(OC)c1OC. The quantitative estimate of drug-likeness (QED) is 0.200. The van der Waals surface area contributed by atoms with Gasteiger partial charge in [-0.05, 0) is 60.5 Å². The van der Waals surface area contributed by atoms with Crippen molar-refractivity contribution < 1.29 is 13.9 Å². The van der Waals surface area contributed by atoms with Gasteiger partial charge in [0.15, 0.2) is 17.3 Å². The van der Waals surface area contributed by atoms with Crippen molar-refractivity contribution in [1.82, 2.24) is 9.66 Å². The molecule has 0 aliphatic heterocycles. The number of hydrogen-bond donors (Lipinski definition) is 0. The van der Waals surface area contributed by atoms with Crippen molar-refractivity contribution in [2.24, 2.45) is 5.10 Å². The summed E-state index contributed by atoms with van der Waals surface area (Å²) >= 11 is 6.15. The number of rotatable bonds is 7. The van der Waals surface area contributed by atoms with Crippen LogP contribution in [0.1, 0.15) is 11.1 Å². The Bertz CT molecular complexity index is 1700. The van der Waals surface area contributed by atoms with Gasteiger partial charge in [-0.1, -0.05) is 29.8 Å². The van der Waals surface area contributed by atoms with Gasteiger partial charge < -0.3 is 13.9 Å². The van der Waals surface area contributed by atoms with E-state index in [1.807, 2.05) is 12.1 Å². The van der Waals surface area contributed by atoms with Gasteiger partial charge >= 0.3 is 0 Å². The van der Waals surface area contributed by atoms with E-state index in [1.165, 1.54) is 4.68 Å². The van der Waals surface area contributed by atoms with Crippen LogP contribution in [0.4, 0.5) is 0 Å². The van der Waals surface area contributed by atoms with Crippen LogP contribution < -0.4 is 15.0 Å². The third-order valence-corrected chi connectivity index (χ3v) is 5.95. The van der Waals surface area contributed by atoms with E-state index in [0.29, 0.717) is 50.8 Å². The topological polar surface area (TPSA) is 78.9 Å². The van der Waals surface area contributed by atoms with Gasteiger partial charge in [-0.2, -0.15) is 9.78 Å². The lowest BCUT2D eigenvalue weighted by atomic mass is 10.1.